The Morgan fingerprint density at radius 3 is 2.31 bits per heavy atom. The maximum Gasteiger partial charge on any atom is 0.338 e. The van der Waals surface area contributed by atoms with E-state index in [-0.39, 0.29) is 25.6 Å². The number of nitrogens with one attached hydrogen (secondary N) is 1. The number of ether oxygens (including phenoxy) is 1. The number of rotatable bonds is 11. The summed E-state index contributed by atoms with van der Waals surface area (Å²) < 4.78 is 4.98. The normalized spacial score (nSPS) is 10.4. The Labute approximate surface area is 216 Å². The molecule has 0 bridgehead atoms. The highest BCUT2D eigenvalue weighted by atomic mass is 32.1. The van der Waals surface area contributed by atoms with Gasteiger partial charge in [-0.15, -0.1) is 17.9 Å². The van der Waals surface area contributed by atoms with Gasteiger partial charge in [0.1, 0.15) is 6.54 Å². The first-order valence-corrected chi connectivity index (χ1v) is 12.5. The second-order valence-electron chi connectivity index (χ2n) is 8.14. The van der Waals surface area contributed by atoms with E-state index in [2.05, 4.69) is 11.9 Å². The Morgan fingerprint density at radius 1 is 0.972 bits per heavy atom. The molecule has 1 N–H and O–H groups in total. The molecule has 0 aliphatic carbocycles. The van der Waals surface area contributed by atoms with Gasteiger partial charge in [0.2, 0.25) is 5.91 Å². The summed E-state index contributed by atoms with van der Waals surface area (Å²) in [6.07, 6.45) is 1.58. The van der Waals surface area contributed by atoms with Crippen LogP contribution in [0.5, 0.6) is 0 Å². The van der Waals surface area contributed by atoms with E-state index >= 15 is 0 Å². The van der Waals surface area contributed by atoms with E-state index in [0.717, 1.165) is 10.4 Å². The summed E-state index contributed by atoms with van der Waals surface area (Å²) in [6.45, 7) is 8.80. The van der Waals surface area contributed by atoms with Crippen LogP contribution in [0, 0.1) is 6.92 Å². The first kappa shape index (κ1) is 26.7. The molecule has 0 saturated heterocycles. The van der Waals surface area contributed by atoms with E-state index in [0.29, 0.717) is 24.3 Å². The van der Waals surface area contributed by atoms with Crippen LogP contribution in [0.25, 0.3) is 0 Å². The number of amides is 3. The first-order valence-electron chi connectivity index (χ1n) is 11.7. The van der Waals surface area contributed by atoms with Gasteiger partial charge in [-0.25, -0.2) is 9.59 Å². The van der Waals surface area contributed by atoms with E-state index < -0.39 is 12.0 Å². The van der Waals surface area contributed by atoms with Gasteiger partial charge in [0.15, 0.2) is 0 Å². The van der Waals surface area contributed by atoms with Crippen LogP contribution < -0.4 is 5.32 Å². The number of esters is 1. The maximum absolute atomic E-state index is 13.4. The van der Waals surface area contributed by atoms with Crippen molar-refractivity contribution in [2.75, 3.05) is 25.0 Å². The smallest absolute Gasteiger partial charge is 0.338 e. The van der Waals surface area contributed by atoms with Gasteiger partial charge in [-0.2, -0.15) is 0 Å². The fraction of sp³-hybridized carbons (Fsp3) is 0.250. The first-order chi connectivity index (χ1) is 17.4. The van der Waals surface area contributed by atoms with Crippen LogP contribution in [0.2, 0.25) is 0 Å². The SMILES string of the molecule is C=CCN(CC(=O)N(Cc1ccccc1)Cc1ccc(C)s1)C(=O)Nc1ccc(C(=O)OCC)cc1. The fourth-order valence-electron chi connectivity index (χ4n) is 3.54. The van der Waals surface area contributed by atoms with Crippen LogP contribution in [0.15, 0.2) is 79.4 Å². The standard InChI is InChI=1S/C28H31N3O4S/c1-4-17-30(28(34)29-24-14-12-23(13-15-24)27(33)35-5-2)20-26(32)31(18-22-9-7-6-8-10-22)19-25-16-11-21(3)36-25/h4,6-16H,1,5,17-20H2,2-3H3,(H,29,34). The molecule has 3 amide bonds. The zero-order valence-electron chi connectivity index (χ0n) is 20.6. The predicted octanol–water partition coefficient (Wildman–Crippen LogP) is 5.48. The molecule has 1 aromatic heterocycles. The van der Waals surface area contributed by atoms with E-state index in [1.165, 1.54) is 9.78 Å². The van der Waals surface area contributed by atoms with Gasteiger partial charge in [-0.05, 0) is 55.8 Å². The van der Waals surface area contributed by atoms with E-state index in [9.17, 15) is 14.4 Å². The highest BCUT2D eigenvalue weighted by Gasteiger charge is 2.22. The quantitative estimate of drug-likeness (QED) is 0.276. The van der Waals surface area contributed by atoms with Crippen LogP contribution in [0.3, 0.4) is 0 Å². The minimum atomic E-state index is -0.432. The highest BCUT2D eigenvalue weighted by molar-refractivity contribution is 7.11. The molecule has 3 aromatic rings. The molecule has 0 spiro atoms. The van der Waals surface area contributed by atoms with Gasteiger partial charge in [-0.3, -0.25) is 4.79 Å². The molecule has 0 unspecified atom stereocenters. The Morgan fingerprint density at radius 2 is 1.69 bits per heavy atom. The minimum Gasteiger partial charge on any atom is -0.462 e. The molecular formula is C28H31N3O4S. The van der Waals surface area contributed by atoms with E-state index in [1.807, 2.05) is 49.4 Å². The molecule has 36 heavy (non-hydrogen) atoms. The van der Waals surface area contributed by atoms with E-state index in [4.69, 9.17) is 4.74 Å². The molecule has 7 nitrogen and oxygen atoms in total. The molecule has 188 valence electrons. The van der Waals surface area contributed by atoms with Crippen molar-refractivity contribution in [3.63, 3.8) is 0 Å². The third-order valence-electron chi connectivity index (χ3n) is 5.32. The summed E-state index contributed by atoms with van der Waals surface area (Å²) in [5.41, 5.74) is 1.92. The topological polar surface area (TPSA) is 79.0 Å². The summed E-state index contributed by atoms with van der Waals surface area (Å²) in [7, 11) is 0. The van der Waals surface area contributed by atoms with Gasteiger partial charge >= 0.3 is 12.0 Å². The molecule has 0 aliphatic heterocycles. The van der Waals surface area contributed by atoms with Crippen molar-refractivity contribution >= 4 is 34.9 Å². The molecule has 0 saturated carbocycles. The Kier molecular flexibility index (Phi) is 9.82. The number of anilines is 1. The third kappa shape index (κ3) is 7.81. The van der Waals surface area contributed by atoms with Crippen molar-refractivity contribution in [3.8, 4) is 0 Å². The van der Waals surface area contributed by atoms with Crippen molar-refractivity contribution in [2.24, 2.45) is 0 Å². The molecule has 8 heteroatoms. The van der Waals surface area contributed by atoms with Crippen LogP contribution in [0.4, 0.5) is 10.5 Å². The Balaban J connectivity index is 1.70. The lowest BCUT2D eigenvalue weighted by molar-refractivity contribution is -0.132. The average molecular weight is 506 g/mol. The second kappa shape index (κ2) is 13.3. The number of aryl methyl sites for hydroxylation is 1. The summed E-state index contributed by atoms with van der Waals surface area (Å²) in [5.74, 6) is -0.590. The lowest BCUT2D eigenvalue weighted by Crippen LogP contribution is -2.44. The molecule has 0 radical (unpaired) electrons. The van der Waals surface area contributed by atoms with Crippen LogP contribution >= 0.6 is 11.3 Å². The Bertz CT molecular complexity index is 1180. The molecule has 0 aliphatic rings. The number of urea groups is 1. The van der Waals surface area contributed by atoms with Crippen molar-refractivity contribution < 1.29 is 19.1 Å². The lowest BCUT2D eigenvalue weighted by atomic mass is 10.2. The van der Waals surface area contributed by atoms with Crippen molar-refractivity contribution in [1.29, 1.82) is 0 Å². The number of carbonyl (C=O) groups excluding carboxylic acids is 3. The summed E-state index contributed by atoms with van der Waals surface area (Å²) in [5, 5.41) is 2.79. The predicted molar refractivity (Wildman–Crippen MR) is 143 cm³/mol. The van der Waals surface area contributed by atoms with Gasteiger partial charge in [0.05, 0.1) is 18.7 Å². The lowest BCUT2D eigenvalue weighted by Gasteiger charge is -2.27. The summed E-state index contributed by atoms with van der Waals surface area (Å²) >= 11 is 1.65. The van der Waals surface area contributed by atoms with Gasteiger partial charge in [0.25, 0.3) is 0 Å². The second-order valence-corrected chi connectivity index (χ2v) is 9.52. The van der Waals surface area contributed by atoms with E-state index in [1.54, 1.807) is 53.5 Å². The van der Waals surface area contributed by atoms with Gasteiger partial charge in [0, 0.05) is 28.5 Å². The van der Waals surface area contributed by atoms with Crippen LogP contribution in [0.1, 0.15) is 32.6 Å². The van der Waals surface area contributed by atoms with Crippen molar-refractivity contribution in [2.45, 2.75) is 26.9 Å². The molecule has 0 atom stereocenters. The molecular weight excluding hydrogens is 474 g/mol. The number of carbonyl (C=O) groups is 3. The van der Waals surface area contributed by atoms with Gasteiger partial charge in [-0.1, -0.05) is 36.4 Å². The zero-order chi connectivity index (χ0) is 25.9. The number of hydrogen-bond donors (Lipinski definition) is 1. The minimum absolute atomic E-state index is 0.101. The van der Waals surface area contributed by atoms with Gasteiger partial charge < -0.3 is 19.9 Å². The summed E-state index contributed by atoms with van der Waals surface area (Å²) in [4.78, 5) is 43.7. The average Bonchev–Trinajstić information content (AvgIpc) is 3.29. The van der Waals surface area contributed by atoms with Crippen LogP contribution in [-0.4, -0.2) is 47.4 Å². The number of hydrogen-bond acceptors (Lipinski definition) is 5. The molecule has 3 rings (SSSR count). The number of benzene rings is 2. The molecule has 0 fully saturated rings. The fourth-order valence-corrected chi connectivity index (χ4v) is 4.45. The Hall–Kier alpha value is -3.91. The zero-order valence-corrected chi connectivity index (χ0v) is 21.4. The third-order valence-corrected chi connectivity index (χ3v) is 6.31. The van der Waals surface area contributed by atoms with Crippen LogP contribution in [-0.2, 0) is 22.6 Å². The van der Waals surface area contributed by atoms with Crippen molar-refractivity contribution in [1.82, 2.24) is 9.80 Å². The number of nitrogens with zero attached hydrogens (tertiary/aromatic N) is 2. The highest BCUT2D eigenvalue weighted by Crippen LogP contribution is 2.19. The maximum atomic E-state index is 13.4. The summed E-state index contributed by atoms with van der Waals surface area (Å²) in [6, 6.07) is 19.8. The number of thiophene rings is 1. The molecule has 2 aromatic carbocycles. The monoisotopic (exact) mass is 505 g/mol. The largest absolute Gasteiger partial charge is 0.462 e. The van der Waals surface area contributed by atoms with Crippen molar-refractivity contribution in [3.05, 3.63) is 100 Å². The molecule has 1 heterocycles.